The summed E-state index contributed by atoms with van der Waals surface area (Å²) >= 11 is 1.32. The summed E-state index contributed by atoms with van der Waals surface area (Å²) in [5.74, 6) is 1.28. The number of para-hydroxylation sites is 3. The number of carbonyl (C=O) groups is 1. The van der Waals surface area contributed by atoms with Crippen LogP contribution in [0.3, 0.4) is 0 Å². The van der Waals surface area contributed by atoms with Gasteiger partial charge < -0.3 is 14.0 Å². The van der Waals surface area contributed by atoms with E-state index in [4.69, 9.17) is 9.47 Å². The maximum Gasteiger partial charge on any atom is 0.268 e. The van der Waals surface area contributed by atoms with Crippen LogP contribution >= 0.6 is 11.3 Å². The van der Waals surface area contributed by atoms with E-state index in [0.717, 1.165) is 27.9 Å². The Morgan fingerprint density at radius 1 is 1.17 bits per heavy atom. The Balaban J connectivity index is 1.52. The van der Waals surface area contributed by atoms with E-state index >= 15 is 0 Å². The molecule has 0 fully saturated rings. The molecular weight excluding hydrogens is 474 g/mol. The van der Waals surface area contributed by atoms with Crippen LogP contribution in [0.15, 0.2) is 60.3 Å². The first-order chi connectivity index (χ1) is 17.5. The van der Waals surface area contributed by atoms with Crippen molar-refractivity contribution in [3.8, 4) is 17.6 Å². The lowest BCUT2D eigenvalue weighted by Gasteiger charge is -2.11. The molecule has 1 amide bonds. The lowest BCUT2D eigenvalue weighted by atomic mass is 10.1. The third-order valence-electron chi connectivity index (χ3n) is 5.41. The summed E-state index contributed by atoms with van der Waals surface area (Å²) in [6, 6.07) is 17.4. The highest BCUT2D eigenvalue weighted by Crippen LogP contribution is 2.27. The molecule has 0 unspecified atom stereocenters. The maximum atomic E-state index is 12.8. The van der Waals surface area contributed by atoms with E-state index in [9.17, 15) is 10.1 Å². The Morgan fingerprint density at radius 3 is 2.67 bits per heavy atom. The van der Waals surface area contributed by atoms with E-state index in [1.807, 2.05) is 65.4 Å². The molecule has 0 radical (unpaired) electrons. The number of amides is 1. The molecule has 1 N–H and O–H groups in total. The summed E-state index contributed by atoms with van der Waals surface area (Å²) in [4.78, 5) is 12.8. The molecule has 36 heavy (non-hydrogen) atoms. The second kappa shape index (κ2) is 11.5. The van der Waals surface area contributed by atoms with Crippen molar-refractivity contribution in [3.63, 3.8) is 0 Å². The van der Waals surface area contributed by atoms with E-state index < -0.39 is 5.91 Å². The van der Waals surface area contributed by atoms with Crippen LogP contribution in [-0.4, -0.2) is 34.4 Å². The van der Waals surface area contributed by atoms with Gasteiger partial charge in [0.2, 0.25) is 5.13 Å². The van der Waals surface area contributed by atoms with Crippen molar-refractivity contribution >= 4 is 39.4 Å². The number of fused-ring (bicyclic) bond motifs is 1. The number of methoxy groups -OCH3 is 1. The average Bonchev–Trinajstić information content (AvgIpc) is 3.46. The molecule has 0 aliphatic rings. The number of hydrogen-bond donors (Lipinski definition) is 1. The highest BCUT2D eigenvalue weighted by Gasteiger charge is 2.15. The number of aromatic nitrogens is 3. The van der Waals surface area contributed by atoms with Crippen LogP contribution in [0.4, 0.5) is 5.13 Å². The summed E-state index contributed by atoms with van der Waals surface area (Å²) in [5.41, 5.74) is 1.74. The average molecular weight is 502 g/mol. The van der Waals surface area contributed by atoms with E-state index in [1.54, 1.807) is 13.2 Å². The molecule has 0 bridgehead atoms. The van der Waals surface area contributed by atoms with Crippen LogP contribution < -0.4 is 14.8 Å². The molecule has 0 spiro atoms. The van der Waals surface area contributed by atoms with Gasteiger partial charge in [0.15, 0.2) is 11.5 Å². The molecule has 0 aliphatic heterocycles. The number of nitrogens with zero attached hydrogens (tertiary/aromatic N) is 4. The van der Waals surface area contributed by atoms with Crippen LogP contribution in [0.2, 0.25) is 0 Å². The summed E-state index contributed by atoms with van der Waals surface area (Å²) in [6.45, 7) is 5.18. The third-order valence-corrected chi connectivity index (χ3v) is 6.27. The van der Waals surface area contributed by atoms with Crippen molar-refractivity contribution in [2.45, 2.75) is 26.8 Å². The predicted molar refractivity (Wildman–Crippen MR) is 141 cm³/mol. The molecular formula is C27H27N5O3S. The number of rotatable bonds is 10. The van der Waals surface area contributed by atoms with Crippen LogP contribution in [0.1, 0.15) is 24.4 Å². The minimum Gasteiger partial charge on any atom is -0.493 e. The lowest BCUT2D eigenvalue weighted by Crippen LogP contribution is -2.13. The zero-order valence-electron chi connectivity index (χ0n) is 20.4. The van der Waals surface area contributed by atoms with E-state index in [-0.39, 0.29) is 5.57 Å². The zero-order chi connectivity index (χ0) is 25.5. The van der Waals surface area contributed by atoms with Gasteiger partial charge in [0, 0.05) is 29.1 Å². The molecule has 184 valence electrons. The summed E-state index contributed by atoms with van der Waals surface area (Å²) in [7, 11) is 1.61. The topological polar surface area (TPSA) is 102 Å². The standard InChI is InChI=1S/C27H27N5O3S/c1-18(2)14-25-30-31-27(36-25)29-26(33)19(16-28)15-20-17-32(22-9-5-4-8-21(20)22)12-13-35-24-11-7-6-10-23(24)34-3/h4-11,15,17-18H,12-14H2,1-3H3,(H,29,31,33). The second-order valence-corrected chi connectivity index (χ2v) is 9.58. The van der Waals surface area contributed by atoms with E-state index in [1.165, 1.54) is 11.3 Å². The Morgan fingerprint density at radius 2 is 1.92 bits per heavy atom. The Hall–Kier alpha value is -4.16. The molecule has 2 heterocycles. The number of hydrogen-bond acceptors (Lipinski definition) is 7. The minimum absolute atomic E-state index is 0.0104. The van der Waals surface area contributed by atoms with Crippen molar-refractivity contribution in [2.24, 2.45) is 5.92 Å². The van der Waals surface area contributed by atoms with Gasteiger partial charge in [-0.05, 0) is 30.2 Å². The Labute approximate surface area is 213 Å². The van der Waals surface area contributed by atoms with Gasteiger partial charge in [-0.15, -0.1) is 10.2 Å². The minimum atomic E-state index is -0.513. The number of benzene rings is 2. The van der Waals surface area contributed by atoms with Crippen molar-refractivity contribution in [1.82, 2.24) is 14.8 Å². The van der Waals surface area contributed by atoms with Gasteiger partial charge >= 0.3 is 0 Å². The van der Waals surface area contributed by atoms with Gasteiger partial charge in [0.1, 0.15) is 23.3 Å². The first-order valence-electron chi connectivity index (χ1n) is 11.6. The fourth-order valence-electron chi connectivity index (χ4n) is 3.77. The molecule has 9 heteroatoms. The highest BCUT2D eigenvalue weighted by atomic mass is 32.1. The second-order valence-electron chi connectivity index (χ2n) is 8.52. The molecule has 0 aliphatic carbocycles. The number of nitriles is 1. The SMILES string of the molecule is COc1ccccc1OCCn1cc(C=C(C#N)C(=O)Nc2nnc(CC(C)C)s2)c2ccccc21. The summed E-state index contributed by atoms with van der Waals surface area (Å²) < 4.78 is 13.3. The smallest absolute Gasteiger partial charge is 0.268 e. The van der Waals surface area contributed by atoms with Crippen molar-refractivity contribution in [3.05, 3.63) is 70.9 Å². The molecule has 8 nitrogen and oxygen atoms in total. The van der Waals surface area contributed by atoms with Gasteiger partial charge in [0.25, 0.3) is 5.91 Å². The molecule has 0 saturated heterocycles. The van der Waals surface area contributed by atoms with Gasteiger partial charge in [-0.25, -0.2) is 0 Å². The molecule has 2 aromatic carbocycles. The predicted octanol–water partition coefficient (Wildman–Crippen LogP) is 5.32. The quantitative estimate of drug-likeness (QED) is 0.233. The van der Waals surface area contributed by atoms with Crippen molar-refractivity contribution in [1.29, 1.82) is 5.26 Å². The van der Waals surface area contributed by atoms with Crippen LogP contribution in [0.25, 0.3) is 17.0 Å². The Kier molecular flexibility index (Phi) is 7.98. The van der Waals surface area contributed by atoms with Gasteiger partial charge in [-0.1, -0.05) is 55.5 Å². The van der Waals surface area contributed by atoms with Crippen LogP contribution in [0.5, 0.6) is 11.5 Å². The molecule has 2 aromatic heterocycles. The number of ether oxygens (including phenoxy) is 2. The number of nitrogens with one attached hydrogen (secondary N) is 1. The lowest BCUT2D eigenvalue weighted by molar-refractivity contribution is -0.112. The molecule has 0 saturated carbocycles. The monoisotopic (exact) mass is 501 g/mol. The van der Waals surface area contributed by atoms with Gasteiger partial charge in [-0.3, -0.25) is 10.1 Å². The normalized spacial score (nSPS) is 11.5. The zero-order valence-corrected chi connectivity index (χ0v) is 21.2. The van der Waals surface area contributed by atoms with E-state index in [2.05, 4.69) is 29.4 Å². The van der Waals surface area contributed by atoms with E-state index in [0.29, 0.717) is 35.7 Å². The Bertz CT molecular complexity index is 1430. The van der Waals surface area contributed by atoms with Gasteiger partial charge in [0.05, 0.1) is 13.7 Å². The molecule has 0 atom stereocenters. The van der Waals surface area contributed by atoms with Crippen molar-refractivity contribution < 1.29 is 14.3 Å². The summed E-state index contributed by atoms with van der Waals surface area (Å²) in [5, 5.41) is 22.7. The van der Waals surface area contributed by atoms with Crippen LogP contribution in [0, 0.1) is 17.2 Å². The van der Waals surface area contributed by atoms with Gasteiger partial charge in [-0.2, -0.15) is 5.26 Å². The largest absolute Gasteiger partial charge is 0.493 e. The number of anilines is 1. The number of carbonyl (C=O) groups excluding carboxylic acids is 1. The maximum absolute atomic E-state index is 12.8. The molecule has 4 rings (SSSR count). The fraction of sp³-hybridized carbons (Fsp3) is 0.259. The third kappa shape index (κ3) is 5.90. The highest BCUT2D eigenvalue weighted by molar-refractivity contribution is 7.15. The fourth-order valence-corrected chi connectivity index (χ4v) is 4.72. The van der Waals surface area contributed by atoms with Crippen molar-refractivity contribution in [2.75, 3.05) is 19.0 Å². The summed E-state index contributed by atoms with van der Waals surface area (Å²) in [6.07, 6.45) is 4.31. The first kappa shape index (κ1) is 24.9. The first-order valence-corrected chi connectivity index (χ1v) is 12.4. The molecule has 4 aromatic rings. The van der Waals surface area contributed by atoms with Crippen LogP contribution in [-0.2, 0) is 17.8 Å².